The van der Waals surface area contributed by atoms with Gasteiger partial charge in [-0.25, -0.2) is 0 Å². The van der Waals surface area contributed by atoms with Gasteiger partial charge >= 0.3 is 6.18 Å². The third kappa shape index (κ3) is 4.93. The third-order valence-electron chi connectivity index (χ3n) is 5.57. The van der Waals surface area contributed by atoms with E-state index in [1.165, 1.54) is 12.1 Å². The number of halogens is 3. The van der Waals surface area contributed by atoms with Gasteiger partial charge in [-0.15, -0.1) is 11.3 Å². The van der Waals surface area contributed by atoms with Crippen molar-refractivity contribution in [1.82, 2.24) is 4.90 Å². The molecule has 1 fully saturated rings. The molecular weight excluding hydrogens is 423 g/mol. The van der Waals surface area contributed by atoms with Gasteiger partial charge in [-0.3, -0.25) is 4.79 Å². The average molecular weight is 446 g/mol. The Hall–Kier alpha value is -2.80. The zero-order valence-electron chi connectivity index (χ0n) is 16.9. The number of carbonyl (C=O) groups excluding carboxylic acids is 1. The number of methoxy groups -OCH3 is 1. The highest BCUT2D eigenvalue weighted by Gasteiger charge is 2.46. The van der Waals surface area contributed by atoms with E-state index in [4.69, 9.17) is 4.74 Å². The van der Waals surface area contributed by atoms with Crippen LogP contribution < -0.4 is 4.74 Å². The van der Waals surface area contributed by atoms with Crippen molar-refractivity contribution in [3.8, 4) is 5.75 Å². The number of para-hydroxylation sites is 1. The summed E-state index contributed by atoms with van der Waals surface area (Å²) < 4.78 is 43.9. The van der Waals surface area contributed by atoms with Gasteiger partial charge in [0.1, 0.15) is 5.75 Å². The molecule has 2 atom stereocenters. The zero-order valence-corrected chi connectivity index (χ0v) is 17.7. The molecule has 0 aliphatic heterocycles. The number of benzene rings is 2. The van der Waals surface area contributed by atoms with Crippen molar-refractivity contribution in [2.24, 2.45) is 5.92 Å². The quantitative estimate of drug-likeness (QED) is 0.439. The van der Waals surface area contributed by atoms with Crippen LogP contribution in [-0.2, 0) is 24.1 Å². The molecule has 1 aromatic heterocycles. The molecular formula is C24H22F3NO2S. The van der Waals surface area contributed by atoms with Crippen molar-refractivity contribution >= 4 is 17.2 Å². The standard InChI is InChI=1S/C24H22F3NO2S/c1-30-22-7-3-2-5-17(22)14-28(15-19-6-4-12-31-19)23(29)21-13-20(21)16-8-10-18(11-9-16)24(25,26)27/h2-12,20-21H,13-15H2,1H3. The Labute approximate surface area is 183 Å². The Morgan fingerprint density at radius 2 is 1.81 bits per heavy atom. The lowest BCUT2D eigenvalue weighted by Gasteiger charge is -2.23. The summed E-state index contributed by atoms with van der Waals surface area (Å²) in [5.74, 6) is 0.482. The molecule has 31 heavy (non-hydrogen) atoms. The monoisotopic (exact) mass is 445 g/mol. The SMILES string of the molecule is COc1ccccc1CN(Cc1cccs1)C(=O)C1CC1c1ccc(C(F)(F)F)cc1. The fraction of sp³-hybridized carbons (Fsp3) is 0.292. The molecule has 7 heteroatoms. The summed E-state index contributed by atoms with van der Waals surface area (Å²) in [6.45, 7) is 0.905. The van der Waals surface area contributed by atoms with Gasteiger partial charge in [-0.05, 0) is 47.5 Å². The van der Waals surface area contributed by atoms with Crippen molar-refractivity contribution in [3.63, 3.8) is 0 Å². The van der Waals surface area contributed by atoms with Crippen LogP contribution >= 0.6 is 11.3 Å². The zero-order chi connectivity index (χ0) is 22.0. The summed E-state index contributed by atoms with van der Waals surface area (Å²) in [5.41, 5.74) is 1.02. The van der Waals surface area contributed by atoms with Gasteiger partial charge in [-0.1, -0.05) is 36.4 Å². The average Bonchev–Trinajstić information content (AvgIpc) is 3.40. The van der Waals surface area contributed by atoms with Crippen LogP contribution in [0.2, 0.25) is 0 Å². The Balaban J connectivity index is 1.51. The molecule has 2 aromatic carbocycles. The fourth-order valence-corrected chi connectivity index (χ4v) is 4.55. The van der Waals surface area contributed by atoms with E-state index in [-0.39, 0.29) is 17.7 Å². The Morgan fingerprint density at radius 1 is 1.06 bits per heavy atom. The fourth-order valence-electron chi connectivity index (χ4n) is 3.83. The first kappa shape index (κ1) is 21.4. The lowest BCUT2D eigenvalue weighted by atomic mass is 10.1. The molecule has 1 saturated carbocycles. The lowest BCUT2D eigenvalue weighted by Crippen LogP contribution is -2.31. The molecule has 1 heterocycles. The highest BCUT2D eigenvalue weighted by atomic mass is 32.1. The van der Waals surface area contributed by atoms with E-state index >= 15 is 0 Å². The first-order valence-electron chi connectivity index (χ1n) is 9.97. The largest absolute Gasteiger partial charge is 0.496 e. The number of hydrogen-bond donors (Lipinski definition) is 0. The smallest absolute Gasteiger partial charge is 0.416 e. The highest BCUT2D eigenvalue weighted by Crippen LogP contribution is 2.49. The van der Waals surface area contributed by atoms with E-state index in [0.29, 0.717) is 19.5 Å². The maximum absolute atomic E-state index is 13.4. The maximum Gasteiger partial charge on any atom is 0.416 e. The van der Waals surface area contributed by atoms with Gasteiger partial charge in [0, 0.05) is 22.9 Å². The Kier molecular flexibility index (Phi) is 6.05. The van der Waals surface area contributed by atoms with E-state index in [0.717, 1.165) is 33.9 Å². The first-order chi connectivity index (χ1) is 14.9. The minimum absolute atomic E-state index is 0.0178. The number of amides is 1. The topological polar surface area (TPSA) is 29.5 Å². The van der Waals surface area contributed by atoms with Crippen LogP contribution in [0.3, 0.4) is 0 Å². The van der Waals surface area contributed by atoms with Crippen LogP contribution in [0.15, 0.2) is 66.0 Å². The second-order valence-electron chi connectivity index (χ2n) is 7.65. The molecule has 3 aromatic rings. The second kappa shape index (κ2) is 8.75. The summed E-state index contributed by atoms with van der Waals surface area (Å²) in [6.07, 6.45) is -3.71. The summed E-state index contributed by atoms with van der Waals surface area (Å²) >= 11 is 1.59. The van der Waals surface area contributed by atoms with Gasteiger partial charge in [0.15, 0.2) is 0 Å². The predicted octanol–water partition coefficient (Wildman–Crippen LogP) is 6.11. The van der Waals surface area contributed by atoms with Crippen LogP contribution in [-0.4, -0.2) is 17.9 Å². The van der Waals surface area contributed by atoms with Gasteiger partial charge in [0.2, 0.25) is 5.91 Å². The van der Waals surface area contributed by atoms with Crippen LogP contribution in [0.4, 0.5) is 13.2 Å². The molecule has 0 N–H and O–H groups in total. The Bertz CT molecular complexity index is 1030. The number of nitrogens with zero attached hydrogens (tertiary/aromatic N) is 1. The minimum Gasteiger partial charge on any atom is -0.496 e. The molecule has 1 amide bonds. The number of carbonyl (C=O) groups is 1. The van der Waals surface area contributed by atoms with Gasteiger partial charge in [-0.2, -0.15) is 13.2 Å². The molecule has 4 rings (SSSR count). The predicted molar refractivity (Wildman–Crippen MR) is 114 cm³/mol. The summed E-state index contributed by atoms with van der Waals surface area (Å²) in [4.78, 5) is 16.3. The molecule has 0 radical (unpaired) electrons. The molecule has 1 aliphatic rings. The van der Waals surface area contributed by atoms with Gasteiger partial charge in [0.05, 0.1) is 19.2 Å². The molecule has 0 bridgehead atoms. The summed E-state index contributed by atoms with van der Waals surface area (Å²) in [6, 6.07) is 16.7. The van der Waals surface area contributed by atoms with Crippen LogP contribution in [0.25, 0.3) is 0 Å². The van der Waals surface area contributed by atoms with E-state index < -0.39 is 11.7 Å². The first-order valence-corrected chi connectivity index (χ1v) is 10.8. The van der Waals surface area contributed by atoms with E-state index in [9.17, 15) is 18.0 Å². The van der Waals surface area contributed by atoms with E-state index in [1.54, 1.807) is 18.4 Å². The Morgan fingerprint density at radius 3 is 2.45 bits per heavy atom. The van der Waals surface area contributed by atoms with Gasteiger partial charge < -0.3 is 9.64 Å². The molecule has 2 unspecified atom stereocenters. The van der Waals surface area contributed by atoms with Gasteiger partial charge in [0.25, 0.3) is 0 Å². The molecule has 1 aliphatic carbocycles. The van der Waals surface area contributed by atoms with Crippen LogP contribution in [0, 0.1) is 5.92 Å². The maximum atomic E-state index is 13.4. The van der Waals surface area contributed by atoms with E-state index in [2.05, 4.69) is 0 Å². The lowest BCUT2D eigenvalue weighted by molar-refractivity contribution is -0.137. The molecule has 162 valence electrons. The van der Waals surface area contributed by atoms with E-state index in [1.807, 2.05) is 46.7 Å². The van der Waals surface area contributed by atoms with Crippen molar-refractivity contribution in [3.05, 3.63) is 87.6 Å². The normalized spacial score (nSPS) is 17.9. The van der Waals surface area contributed by atoms with Crippen molar-refractivity contribution < 1.29 is 22.7 Å². The minimum atomic E-state index is -4.36. The number of hydrogen-bond acceptors (Lipinski definition) is 3. The summed E-state index contributed by atoms with van der Waals surface area (Å²) in [5, 5.41) is 1.98. The number of alkyl halides is 3. The van der Waals surface area contributed by atoms with Crippen molar-refractivity contribution in [2.75, 3.05) is 7.11 Å². The summed E-state index contributed by atoms with van der Waals surface area (Å²) in [7, 11) is 1.60. The third-order valence-corrected chi connectivity index (χ3v) is 6.43. The van der Waals surface area contributed by atoms with Crippen LogP contribution in [0.5, 0.6) is 5.75 Å². The molecule has 3 nitrogen and oxygen atoms in total. The number of thiophene rings is 1. The van der Waals surface area contributed by atoms with Crippen LogP contribution in [0.1, 0.15) is 33.9 Å². The molecule has 0 saturated heterocycles. The second-order valence-corrected chi connectivity index (χ2v) is 8.69. The molecule has 0 spiro atoms. The number of ether oxygens (including phenoxy) is 1. The number of rotatable bonds is 7. The highest BCUT2D eigenvalue weighted by molar-refractivity contribution is 7.09. The van der Waals surface area contributed by atoms with Crippen molar-refractivity contribution in [2.45, 2.75) is 31.6 Å². The van der Waals surface area contributed by atoms with Crippen molar-refractivity contribution in [1.29, 1.82) is 0 Å².